The van der Waals surface area contributed by atoms with Gasteiger partial charge in [-0.2, -0.15) is 0 Å². The van der Waals surface area contributed by atoms with Crippen molar-refractivity contribution in [2.24, 2.45) is 5.92 Å². The van der Waals surface area contributed by atoms with Gasteiger partial charge in [0.15, 0.2) is 0 Å². The second kappa shape index (κ2) is 7.82. The lowest BCUT2D eigenvalue weighted by atomic mass is 9.94. The van der Waals surface area contributed by atoms with E-state index in [1.54, 1.807) is 26.0 Å². The number of carbonyl (C=O) groups is 3. The van der Waals surface area contributed by atoms with Crippen molar-refractivity contribution in [1.29, 1.82) is 0 Å². The van der Waals surface area contributed by atoms with Crippen LogP contribution in [0.25, 0.3) is 0 Å². The van der Waals surface area contributed by atoms with Gasteiger partial charge in [0, 0.05) is 23.8 Å². The van der Waals surface area contributed by atoms with Crippen molar-refractivity contribution in [2.45, 2.75) is 39.7 Å². The fourth-order valence-corrected chi connectivity index (χ4v) is 3.23. The van der Waals surface area contributed by atoms with Crippen LogP contribution in [0, 0.1) is 5.92 Å². The summed E-state index contributed by atoms with van der Waals surface area (Å²) < 4.78 is 5.21. The molecule has 1 saturated carbocycles. The van der Waals surface area contributed by atoms with Gasteiger partial charge < -0.3 is 15.4 Å². The Bertz CT molecular complexity index is 781. The largest absolute Gasteiger partial charge is 0.463 e. The molecule has 27 heavy (non-hydrogen) atoms. The lowest BCUT2D eigenvalue weighted by Gasteiger charge is -2.34. The Morgan fingerprint density at radius 2 is 1.89 bits per heavy atom. The van der Waals surface area contributed by atoms with Crippen LogP contribution in [0.1, 0.15) is 45.2 Å². The summed E-state index contributed by atoms with van der Waals surface area (Å²) in [7, 11) is 0. The van der Waals surface area contributed by atoms with Crippen molar-refractivity contribution in [3.05, 3.63) is 41.1 Å². The van der Waals surface area contributed by atoms with Crippen molar-refractivity contribution in [3.8, 4) is 0 Å². The van der Waals surface area contributed by atoms with E-state index in [0.29, 0.717) is 23.5 Å². The smallest absolute Gasteiger partial charge is 0.338 e. The Morgan fingerprint density at radius 1 is 1.22 bits per heavy atom. The fraction of sp³-hybridized carbons (Fsp3) is 0.450. The Morgan fingerprint density at radius 3 is 2.44 bits per heavy atom. The summed E-state index contributed by atoms with van der Waals surface area (Å²) in [6.45, 7) is 6.07. The summed E-state index contributed by atoms with van der Waals surface area (Å²) >= 11 is 0. The van der Waals surface area contributed by atoms with Gasteiger partial charge in [-0.05, 0) is 51.3 Å². The Hall–Kier alpha value is -2.83. The lowest BCUT2D eigenvalue weighted by Crippen LogP contribution is -2.47. The van der Waals surface area contributed by atoms with E-state index in [2.05, 4.69) is 10.6 Å². The van der Waals surface area contributed by atoms with Crippen LogP contribution in [0.15, 0.2) is 35.5 Å². The Balaban J connectivity index is 1.88. The number of nitrogens with zero attached hydrogens (tertiary/aromatic N) is 1. The summed E-state index contributed by atoms with van der Waals surface area (Å²) in [4.78, 5) is 38.4. The molecule has 1 heterocycles. The first-order valence-corrected chi connectivity index (χ1v) is 9.33. The fourth-order valence-electron chi connectivity index (χ4n) is 3.23. The van der Waals surface area contributed by atoms with Crippen molar-refractivity contribution >= 4 is 23.6 Å². The van der Waals surface area contributed by atoms with Gasteiger partial charge in [0.1, 0.15) is 0 Å². The number of allylic oxidation sites excluding steroid dienone is 1. The molecule has 1 aromatic carbocycles. The standard InChI is InChI=1S/C20H25N3O4/c1-4-23-12(3)16(19(25)27-5-2)17(22-20(23)26)13-8-10-15(11-9-13)21-18(24)14-6-7-14/h8-11,14,17H,4-7H2,1-3H3,(H,21,24)(H,22,26). The van der Waals surface area contributed by atoms with E-state index >= 15 is 0 Å². The normalized spacial score (nSPS) is 19.6. The molecular weight excluding hydrogens is 346 g/mol. The van der Waals surface area contributed by atoms with Gasteiger partial charge in [-0.15, -0.1) is 0 Å². The van der Waals surface area contributed by atoms with Gasteiger partial charge in [-0.3, -0.25) is 9.69 Å². The second-order valence-corrected chi connectivity index (χ2v) is 6.73. The van der Waals surface area contributed by atoms with Crippen molar-refractivity contribution in [1.82, 2.24) is 10.2 Å². The van der Waals surface area contributed by atoms with E-state index in [-0.39, 0.29) is 24.5 Å². The molecule has 0 aromatic heterocycles. The third-order valence-electron chi connectivity index (χ3n) is 4.87. The van der Waals surface area contributed by atoms with Crippen LogP contribution < -0.4 is 10.6 Å². The van der Waals surface area contributed by atoms with Gasteiger partial charge >= 0.3 is 12.0 Å². The molecule has 144 valence electrons. The Labute approximate surface area is 158 Å². The molecule has 1 atom stereocenters. The summed E-state index contributed by atoms with van der Waals surface area (Å²) in [5.41, 5.74) is 2.47. The highest BCUT2D eigenvalue weighted by Gasteiger charge is 2.36. The van der Waals surface area contributed by atoms with Crippen molar-refractivity contribution in [2.75, 3.05) is 18.5 Å². The number of amides is 3. The molecule has 2 N–H and O–H groups in total. The number of nitrogens with one attached hydrogen (secondary N) is 2. The van der Waals surface area contributed by atoms with Gasteiger partial charge in [-0.25, -0.2) is 9.59 Å². The number of rotatable bonds is 6. The lowest BCUT2D eigenvalue weighted by molar-refractivity contribution is -0.139. The zero-order chi connectivity index (χ0) is 19.6. The van der Waals surface area contributed by atoms with Crippen molar-refractivity contribution in [3.63, 3.8) is 0 Å². The maximum Gasteiger partial charge on any atom is 0.338 e. The molecule has 0 bridgehead atoms. The number of urea groups is 1. The van der Waals surface area contributed by atoms with Gasteiger partial charge in [-0.1, -0.05) is 12.1 Å². The van der Waals surface area contributed by atoms with Gasteiger partial charge in [0.2, 0.25) is 5.91 Å². The predicted octanol–water partition coefficient (Wildman–Crippen LogP) is 2.96. The molecule has 0 saturated heterocycles. The quantitative estimate of drug-likeness (QED) is 0.753. The molecule has 7 nitrogen and oxygen atoms in total. The molecule has 7 heteroatoms. The summed E-state index contributed by atoms with van der Waals surface area (Å²) in [6, 6.07) is 6.34. The average molecular weight is 371 g/mol. The zero-order valence-corrected chi connectivity index (χ0v) is 15.9. The van der Waals surface area contributed by atoms with Crippen LogP contribution in [-0.2, 0) is 14.3 Å². The highest BCUT2D eigenvalue weighted by atomic mass is 16.5. The first-order chi connectivity index (χ1) is 13.0. The van der Waals surface area contributed by atoms with Crippen LogP contribution in [0.3, 0.4) is 0 Å². The topological polar surface area (TPSA) is 87.7 Å². The van der Waals surface area contributed by atoms with Crippen molar-refractivity contribution < 1.29 is 19.1 Å². The summed E-state index contributed by atoms with van der Waals surface area (Å²) in [6.07, 6.45) is 1.89. The molecule has 0 spiro atoms. The summed E-state index contributed by atoms with van der Waals surface area (Å²) in [5, 5.41) is 5.77. The SMILES string of the molecule is CCOC(=O)C1=C(C)N(CC)C(=O)NC1c1ccc(NC(=O)C2CC2)cc1. The molecule has 1 aromatic rings. The minimum absolute atomic E-state index is 0.0373. The Kier molecular flexibility index (Phi) is 5.48. The third kappa shape index (κ3) is 3.97. The number of anilines is 1. The van der Waals surface area contributed by atoms with Crippen LogP contribution in [0.5, 0.6) is 0 Å². The molecule has 3 rings (SSSR count). The van der Waals surface area contributed by atoms with Crippen LogP contribution in [0.4, 0.5) is 10.5 Å². The highest BCUT2D eigenvalue weighted by molar-refractivity contribution is 5.95. The highest BCUT2D eigenvalue weighted by Crippen LogP contribution is 2.33. The zero-order valence-electron chi connectivity index (χ0n) is 15.9. The number of carbonyl (C=O) groups excluding carboxylic acids is 3. The summed E-state index contributed by atoms with van der Waals surface area (Å²) in [5.74, 6) is -0.275. The van der Waals surface area contributed by atoms with Gasteiger partial charge in [0.25, 0.3) is 0 Å². The van der Waals surface area contributed by atoms with E-state index < -0.39 is 12.0 Å². The number of ether oxygens (including phenoxy) is 1. The van der Waals surface area contributed by atoms with E-state index in [9.17, 15) is 14.4 Å². The van der Waals surface area contributed by atoms with Crippen LogP contribution in [0.2, 0.25) is 0 Å². The first-order valence-electron chi connectivity index (χ1n) is 9.33. The molecule has 1 aliphatic carbocycles. The second-order valence-electron chi connectivity index (χ2n) is 6.73. The van der Waals surface area contributed by atoms with E-state index in [1.165, 1.54) is 4.90 Å². The number of hydrogen-bond acceptors (Lipinski definition) is 4. The molecule has 1 aliphatic heterocycles. The molecular formula is C20H25N3O4. The van der Waals surface area contributed by atoms with E-state index in [1.807, 2.05) is 19.1 Å². The maximum atomic E-state index is 12.5. The number of hydrogen-bond donors (Lipinski definition) is 2. The minimum Gasteiger partial charge on any atom is -0.463 e. The molecule has 3 amide bonds. The molecule has 1 fully saturated rings. The molecule has 1 unspecified atom stereocenters. The molecule has 0 radical (unpaired) electrons. The third-order valence-corrected chi connectivity index (χ3v) is 4.87. The minimum atomic E-state index is -0.590. The number of esters is 1. The van der Waals surface area contributed by atoms with Crippen LogP contribution in [-0.4, -0.2) is 36.0 Å². The van der Waals surface area contributed by atoms with Gasteiger partial charge in [0.05, 0.1) is 18.2 Å². The van der Waals surface area contributed by atoms with Crippen LogP contribution >= 0.6 is 0 Å². The first kappa shape index (κ1) is 18.9. The van der Waals surface area contributed by atoms with E-state index in [0.717, 1.165) is 18.4 Å². The average Bonchev–Trinajstić information content (AvgIpc) is 3.47. The molecule has 2 aliphatic rings. The maximum absolute atomic E-state index is 12.5. The monoisotopic (exact) mass is 371 g/mol. The number of benzene rings is 1. The predicted molar refractivity (Wildman–Crippen MR) is 101 cm³/mol. The van der Waals surface area contributed by atoms with E-state index in [4.69, 9.17) is 4.74 Å².